The molecular weight excluding hydrogens is 356 g/mol. The van der Waals surface area contributed by atoms with Gasteiger partial charge in [0.1, 0.15) is 17.2 Å². The van der Waals surface area contributed by atoms with Crippen LogP contribution in [0.15, 0.2) is 29.1 Å². The summed E-state index contributed by atoms with van der Waals surface area (Å²) >= 11 is 0. The molecule has 1 aromatic carbocycles. The van der Waals surface area contributed by atoms with Crippen molar-refractivity contribution in [3.63, 3.8) is 0 Å². The molecule has 1 atom stereocenters. The number of aromatic hydroxyl groups is 1. The molecule has 1 aliphatic rings. The minimum atomic E-state index is -0.368. The van der Waals surface area contributed by atoms with E-state index in [0.29, 0.717) is 23.6 Å². The van der Waals surface area contributed by atoms with Crippen LogP contribution in [0.1, 0.15) is 49.0 Å². The number of aryl methyl sites for hydroxylation is 1. The predicted molar refractivity (Wildman–Crippen MR) is 110 cm³/mol. The van der Waals surface area contributed by atoms with Crippen molar-refractivity contribution in [2.45, 2.75) is 45.7 Å². The molecule has 0 amide bonds. The van der Waals surface area contributed by atoms with Gasteiger partial charge < -0.3 is 19.1 Å². The second-order valence-corrected chi connectivity index (χ2v) is 7.24. The Balaban J connectivity index is 2.24. The Morgan fingerprint density at radius 1 is 1.11 bits per heavy atom. The smallest absolute Gasteiger partial charge is 0.259 e. The Morgan fingerprint density at radius 2 is 1.82 bits per heavy atom. The lowest BCUT2D eigenvalue weighted by molar-refractivity contribution is 0.180. The molecule has 3 rings (SSSR count). The standard InChI is InChI=1S/C22H30N2O4/c1-5-24-15(2)13-18(25)20(22(24)26)21(23-11-7-6-8-12-23)17-10-9-16(27-3)14-19(17)28-4/h9-10,13-14,21,25H,5-8,11-12H2,1-4H3/t21-/m1/s1. The van der Waals surface area contributed by atoms with Crippen LogP contribution in [0.2, 0.25) is 0 Å². The molecule has 0 spiro atoms. The minimum absolute atomic E-state index is 0.0423. The van der Waals surface area contributed by atoms with Gasteiger partial charge in [-0.3, -0.25) is 9.69 Å². The summed E-state index contributed by atoms with van der Waals surface area (Å²) in [6.07, 6.45) is 3.33. The van der Waals surface area contributed by atoms with Crippen molar-refractivity contribution in [2.75, 3.05) is 27.3 Å². The van der Waals surface area contributed by atoms with Crippen LogP contribution in [0.5, 0.6) is 17.2 Å². The van der Waals surface area contributed by atoms with Crippen LogP contribution in [0, 0.1) is 6.92 Å². The molecule has 0 aliphatic carbocycles. The summed E-state index contributed by atoms with van der Waals surface area (Å²) in [6.45, 7) is 6.10. The van der Waals surface area contributed by atoms with E-state index in [4.69, 9.17) is 9.47 Å². The Labute approximate surface area is 166 Å². The highest BCUT2D eigenvalue weighted by atomic mass is 16.5. The lowest BCUT2D eigenvalue weighted by Crippen LogP contribution is -2.38. The van der Waals surface area contributed by atoms with E-state index >= 15 is 0 Å². The van der Waals surface area contributed by atoms with E-state index in [1.54, 1.807) is 24.9 Å². The van der Waals surface area contributed by atoms with Crippen molar-refractivity contribution in [1.82, 2.24) is 9.47 Å². The maximum Gasteiger partial charge on any atom is 0.259 e. The molecule has 6 heteroatoms. The van der Waals surface area contributed by atoms with E-state index in [0.717, 1.165) is 37.2 Å². The van der Waals surface area contributed by atoms with Crippen LogP contribution in [-0.4, -0.2) is 41.9 Å². The van der Waals surface area contributed by atoms with E-state index in [2.05, 4.69) is 4.90 Å². The number of methoxy groups -OCH3 is 2. The van der Waals surface area contributed by atoms with Gasteiger partial charge in [-0.15, -0.1) is 0 Å². The van der Waals surface area contributed by atoms with E-state index in [-0.39, 0.29) is 17.4 Å². The summed E-state index contributed by atoms with van der Waals surface area (Å²) in [5.41, 5.74) is 1.89. The normalized spacial score (nSPS) is 16.0. The topological polar surface area (TPSA) is 63.9 Å². The highest BCUT2D eigenvalue weighted by Gasteiger charge is 2.32. The molecule has 1 saturated heterocycles. The zero-order chi connectivity index (χ0) is 20.3. The van der Waals surface area contributed by atoms with Crippen molar-refractivity contribution in [3.05, 3.63) is 51.4 Å². The molecule has 152 valence electrons. The zero-order valence-electron chi connectivity index (χ0n) is 17.2. The molecule has 2 heterocycles. The van der Waals surface area contributed by atoms with Gasteiger partial charge in [-0.25, -0.2) is 0 Å². The van der Waals surface area contributed by atoms with Crippen LogP contribution >= 0.6 is 0 Å². The molecule has 6 nitrogen and oxygen atoms in total. The zero-order valence-corrected chi connectivity index (χ0v) is 17.2. The van der Waals surface area contributed by atoms with Gasteiger partial charge in [0.05, 0.1) is 25.8 Å². The number of rotatable bonds is 6. The van der Waals surface area contributed by atoms with Gasteiger partial charge in [-0.2, -0.15) is 0 Å². The molecule has 28 heavy (non-hydrogen) atoms. The first-order chi connectivity index (χ1) is 13.5. The number of piperidine rings is 1. The number of nitrogens with zero attached hydrogens (tertiary/aromatic N) is 2. The number of likely N-dealkylation sites (tertiary alicyclic amines) is 1. The third-order valence-electron chi connectivity index (χ3n) is 5.60. The fourth-order valence-electron chi connectivity index (χ4n) is 4.17. The van der Waals surface area contributed by atoms with Gasteiger partial charge in [-0.05, 0) is 58.0 Å². The fourth-order valence-corrected chi connectivity index (χ4v) is 4.17. The van der Waals surface area contributed by atoms with Crippen LogP contribution in [-0.2, 0) is 6.54 Å². The number of ether oxygens (including phenoxy) is 2. The maximum absolute atomic E-state index is 13.3. The third kappa shape index (κ3) is 3.74. The first kappa shape index (κ1) is 20.3. The van der Waals surface area contributed by atoms with E-state index in [1.165, 1.54) is 6.42 Å². The molecule has 2 aromatic rings. The predicted octanol–water partition coefficient (Wildman–Crippen LogP) is 3.47. The van der Waals surface area contributed by atoms with Crippen LogP contribution < -0.4 is 15.0 Å². The molecular formula is C22H30N2O4. The second-order valence-electron chi connectivity index (χ2n) is 7.24. The van der Waals surface area contributed by atoms with Gasteiger partial charge in [0, 0.05) is 23.9 Å². The van der Waals surface area contributed by atoms with Gasteiger partial charge >= 0.3 is 0 Å². The molecule has 0 bridgehead atoms. The first-order valence-corrected chi connectivity index (χ1v) is 9.91. The second kappa shape index (κ2) is 8.69. The van der Waals surface area contributed by atoms with Gasteiger partial charge in [0.2, 0.25) is 0 Å². The van der Waals surface area contributed by atoms with Gasteiger partial charge in [0.25, 0.3) is 5.56 Å². The van der Waals surface area contributed by atoms with Crippen LogP contribution in [0.25, 0.3) is 0 Å². The summed E-state index contributed by atoms with van der Waals surface area (Å²) < 4.78 is 12.7. The molecule has 1 aromatic heterocycles. The number of hydrogen-bond donors (Lipinski definition) is 1. The number of benzene rings is 1. The monoisotopic (exact) mass is 386 g/mol. The summed E-state index contributed by atoms with van der Waals surface area (Å²) in [5.74, 6) is 1.38. The van der Waals surface area contributed by atoms with Crippen LogP contribution in [0.4, 0.5) is 0 Å². The SMILES string of the molecule is CCn1c(C)cc(O)c([C@@H](c2ccc(OC)cc2OC)N2CCCCC2)c1=O. The average molecular weight is 386 g/mol. The number of pyridine rings is 1. The number of aromatic nitrogens is 1. The maximum atomic E-state index is 13.3. The van der Waals surface area contributed by atoms with Gasteiger partial charge in [-0.1, -0.05) is 6.42 Å². The van der Waals surface area contributed by atoms with Crippen molar-refractivity contribution < 1.29 is 14.6 Å². The molecule has 1 aliphatic heterocycles. The van der Waals surface area contributed by atoms with Crippen molar-refractivity contribution in [2.24, 2.45) is 0 Å². The fraction of sp³-hybridized carbons (Fsp3) is 0.500. The Bertz CT molecular complexity index is 885. The molecule has 1 N–H and O–H groups in total. The summed E-state index contributed by atoms with van der Waals surface area (Å²) in [7, 11) is 3.23. The van der Waals surface area contributed by atoms with E-state index in [1.807, 2.05) is 32.0 Å². The summed E-state index contributed by atoms with van der Waals surface area (Å²) in [6, 6.07) is 6.96. The Morgan fingerprint density at radius 3 is 2.43 bits per heavy atom. The van der Waals surface area contributed by atoms with Crippen molar-refractivity contribution in [1.29, 1.82) is 0 Å². The lowest BCUT2D eigenvalue weighted by atomic mass is 9.93. The quantitative estimate of drug-likeness (QED) is 0.824. The minimum Gasteiger partial charge on any atom is -0.507 e. The highest BCUT2D eigenvalue weighted by Crippen LogP contribution is 2.39. The molecule has 0 unspecified atom stereocenters. The van der Waals surface area contributed by atoms with E-state index in [9.17, 15) is 9.90 Å². The first-order valence-electron chi connectivity index (χ1n) is 9.91. The molecule has 0 radical (unpaired) electrons. The van der Waals surface area contributed by atoms with E-state index < -0.39 is 0 Å². The summed E-state index contributed by atoms with van der Waals surface area (Å²) in [4.78, 5) is 15.6. The number of hydrogen-bond acceptors (Lipinski definition) is 5. The average Bonchev–Trinajstić information content (AvgIpc) is 2.71. The molecule has 1 fully saturated rings. The Kier molecular flexibility index (Phi) is 6.29. The largest absolute Gasteiger partial charge is 0.507 e. The third-order valence-corrected chi connectivity index (χ3v) is 5.60. The molecule has 0 saturated carbocycles. The van der Waals surface area contributed by atoms with Crippen LogP contribution in [0.3, 0.4) is 0 Å². The lowest BCUT2D eigenvalue weighted by Gasteiger charge is -2.36. The Hall–Kier alpha value is -2.47. The van der Waals surface area contributed by atoms with Gasteiger partial charge in [0.15, 0.2) is 0 Å². The highest BCUT2D eigenvalue weighted by molar-refractivity contribution is 5.49. The summed E-state index contributed by atoms with van der Waals surface area (Å²) in [5, 5.41) is 10.8. The van der Waals surface area contributed by atoms with Crippen molar-refractivity contribution >= 4 is 0 Å². The van der Waals surface area contributed by atoms with Crippen molar-refractivity contribution in [3.8, 4) is 17.2 Å².